The third-order valence-corrected chi connectivity index (χ3v) is 1.99. The van der Waals surface area contributed by atoms with Crippen LogP contribution in [0.1, 0.15) is 6.92 Å². The molecule has 0 spiro atoms. The van der Waals surface area contributed by atoms with Crippen LogP contribution in [0.25, 0.3) is 0 Å². The summed E-state index contributed by atoms with van der Waals surface area (Å²) in [6.07, 6.45) is 7.24. The van der Waals surface area contributed by atoms with E-state index in [0.717, 1.165) is 0 Å². The van der Waals surface area contributed by atoms with E-state index in [1.165, 1.54) is 0 Å². The Bertz CT molecular complexity index is 224. The maximum Gasteiger partial charge on any atom is 0.265 e. The molecule has 14 heavy (non-hydrogen) atoms. The average molecular weight is 212 g/mol. The van der Waals surface area contributed by atoms with Crippen LogP contribution in [-0.2, 0) is 9.16 Å². The van der Waals surface area contributed by atoms with Gasteiger partial charge in [0.25, 0.3) is 5.95 Å². The summed E-state index contributed by atoms with van der Waals surface area (Å²) in [5, 5.41) is 0. The topological polar surface area (TPSA) is 18.5 Å². The predicted octanol–water partition coefficient (Wildman–Crippen LogP) is 3.46. The molecule has 0 aliphatic rings. The summed E-state index contributed by atoms with van der Waals surface area (Å²) in [4.78, 5) is 0. The summed E-state index contributed by atoms with van der Waals surface area (Å²) in [5.74, 6) is 0.602. The normalized spacial score (nSPS) is 13.0. The first-order chi connectivity index (χ1) is 6.49. The molecule has 0 amide bonds. The summed E-state index contributed by atoms with van der Waals surface area (Å²) < 4.78 is 11.1. The Morgan fingerprint density at radius 1 is 1.29 bits per heavy atom. The molecule has 0 aromatic carbocycles. The number of allylic oxidation sites excluding steroid dienone is 4. The molecule has 0 aliphatic heterocycles. The molecule has 2 nitrogen and oxygen atoms in total. The van der Waals surface area contributed by atoms with Crippen molar-refractivity contribution < 1.29 is 9.16 Å². The van der Waals surface area contributed by atoms with Crippen LogP contribution < -0.4 is 0 Å². The van der Waals surface area contributed by atoms with E-state index >= 15 is 0 Å². The van der Waals surface area contributed by atoms with E-state index in [-0.39, 0.29) is 0 Å². The van der Waals surface area contributed by atoms with Gasteiger partial charge in [-0.1, -0.05) is 24.8 Å². The lowest BCUT2D eigenvalue weighted by Gasteiger charge is -2.20. The molecule has 0 saturated heterocycles. The molecule has 3 heteroatoms. The second-order valence-electron chi connectivity index (χ2n) is 3.75. The minimum atomic E-state index is -1.57. The van der Waals surface area contributed by atoms with Gasteiger partial charge in [0.15, 0.2) is 0 Å². The van der Waals surface area contributed by atoms with Crippen molar-refractivity contribution in [3.8, 4) is 0 Å². The van der Waals surface area contributed by atoms with Gasteiger partial charge in [-0.3, -0.25) is 0 Å². The Hall–Kier alpha value is -0.963. The molecule has 0 saturated carbocycles. The van der Waals surface area contributed by atoms with E-state index in [2.05, 4.69) is 26.2 Å². The van der Waals surface area contributed by atoms with Gasteiger partial charge in [-0.25, -0.2) is 0 Å². The molecular formula is C11H20O2Si. The highest BCUT2D eigenvalue weighted by Crippen LogP contribution is 2.11. The molecule has 0 bridgehead atoms. The highest BCUT2D eigenvalue weighted by molar-refractivity contribution is 6.69. The Labute approximate surface area is 88.1 Å². The lowest BCUT2D eigenvalue weighted by molar-refractivity contribution is 0.112. The van der Waals surface area contributed by atoms with Gasteiger partial charge in [0.1, 0.15) is 0 Å². The van der Waals surface area contributed by atoms with Gasteiger partial charge in [0, 0.05) is 6.08 Å². The van der Waals surface area contributed by atoms with Crippen LogP contribution in [0.4, 0.5) is 0 Å². The lowest BCUT2D eigenvalue weighted by Crippen LogP contribution is -2.25. The smallest absolute Gasteiger partial charge is 0.265 e. The average Bonchev–Trinajstić information content (AvgIpc) is 2.02. The molecule has 0 atom stereocenters. The van der Waals surface area contributed by atoms with Gasteiger partial charge < -0.3 is 9.16 Å². The molecular weight excluding hydrogens is 192 g/mol. The Morgan fingerprint density at radius 2 is 1.93 bits per heavy atom. The van der Waals surface area contributed by atoms with Crippen LogP contribution in [0.15, 0.2) is 36.8 Å². The number of ether oxygens (including phenoxy) is 1. The maximum absolute atomic E-state index is 5.72. The van der Waals surface area contributed by atoms with Crippen molar-refractivity contribution in [3.05, 3.63) is 36.8 Å². The SMILES string of the molecule is C=C/C=C/C=C(/OCC)O[Si](C)(C)C. The highest BCUT2D eigenvalue weighted by Gasteiger charge is 2.17. The van der Waals surface area contributed by atoms with Gasteiger partial charge in [-0.2, -0.15) is 0 Å². The van der Waals surface area contributed by atoms with E-state index in [0.29, 0.717) is 12.6 Å². The van der Waals surface area contributed by atoms with Gasteiger partial charge in [-0.15, -0.1) is 0 Å². The van der Waals surface area contributed by atoms with E-state index in [1.807, 2.05) is 25.2 Å². The zero-order valence-corrected chi connectivity index (χ0v) is 10.5. The van der Waals surface area contributed by atoms with Crippen molar-refractivity contribution in [2.45, 2.75) is 26.6 Å². The maximum atomic E-state index is 5.72. The van der Waals surface area contributed by atoms with Crippen LogP contribution in [-0.4, -0.2) is 14.9 Å². The Morgan fingerprint density at radius 3 is 2.36 bits per heavy atom. The highest BCUT2D eigenvalue weighted by atomic mass is 28.4. The second-order valence-corrected chi connectivity index (χ2v) is 8.18. The first kappa shape index (κ1) is 13.0. The number of hydrogen-bond acceptors (Lipinski definition) is 2. The van der Waals surface area contributed by atoms with Crippen molar-refractivity contribution in [2.24, 2.45) is 0 Å². The molecule has 0 N–H and O–H groups in total. The molecule has 0 fully saturated rings. The van der Waals surface area contributed by atoms with Crippen molar-refractivity contribution in [1.82, 2.24) is 0 Å². The Balaban J connectivity index is 4.35. The molecule has 0 unspecified atom stereocenters. The van der Waals surface area contributed by atoms with Crippen molar-refractivity contribution in [2.75, 3.05) is 6.61 Å². The largest absolute Gasteiger partial charge is 0.520 e. The summed E-state index contributed by atoms with van der Waals surface area (Å²) in [6.45, 7) is 12.5. The predicted molar refractivity (Wildman–Crippen MR) is 63.5 cm³/mol. The zero-order chi connectivity index (χ0) is 11.0. The van der Waals surface area contributed by atoms with Gasteiger partial charge in [0.2, 0.25) is 8.32 Å². The third kappa shape index (κ3) is 7.67. The Kier molecular flexibility index (Phi) is 6.04. The van der Waals surface area contributed by atoms with Crippen LogP contribution in [0.3, 0.4) is 0 Å². The molecule has 0 radical (unpaired) electrons. The van der Waals surface area contributed by atoms with E-state index in [9.17, 15) is 0 Å². The second kappa shape index (κ2) is 6.48. The molecule has 80 valence electrons. The van der Waals surface area contributed by atoms with Crippen LogP contribution in [0, 0.1) is 0 Å². The fourth-order valence-electron chi connectivity index (χ4n) is 0.768. The first-order valence-electron chi connectivity index (χ1n) is 4.81. The summed E-state index contributed by atoms with van der Waals surface area (Å²) >= 11 is 0. The molecule has 0 heterocycles. The fourth-order valence-corrected chi connectivity index (χ4v) is 1.50. The van der Waals surface area contributed by atoms with Crippen molar-refractivity contribution in [1.29, 1.82) is 0 Å². The minimum Gasteiger partial charge on any atom is -0.520 e. The minimum absolute atomic E-state index is 0.602. The zero-order valence-electron chi connectivity index (χ0n) is 9.54. The summed E-state index contributed by atoms with van der Waals surface area (Å²) in [6, 6.07) is 0. The number of rotatable bonds is 6. The molecule has 0 aromatic rings. The van der Waals surface area contributed by atoms with Crippen molar-refractivity contribution in [3.63, 3.8) is 0 Å². The summed E-state index contributed by atoms with van der Waals surface area (Å²) in [5.41, 5.74) is 0. The standard InChI is InChI=1S/C11H20O2Si/c1-6-8-9-10-11(12-7-2)13-14(3,4)5/h6,8-10H,1,7H2,2-5H3/b9-8+,11-10-. The molecule has 0 aliphatic carbocycles. The fraction of sp³-hybridized carbons (Fsp3) is 0.455. The van der Waals surface area contributed by atoms with Crippen molar-refractivity contribution >= 4 is 8.32 Å². The van der Waals surface area contributed by atoms with E-state index in [4.69, 9.17) is 9.16 Å². The molecule has 0 rings (SSSR count). The first-order valence-corrected chi connectivity index (χ1v) is 8.21. The van der Waals surface area contributed by atoms with E-state index in [1.54, 1.807) is 6.08 Å². The van der Waals surface area contributed by atoms with Gasteiger partial charge >= 0.3 is 0 Å². The van der Waals surface area contributed by atoms with Crippen LogP contribution in [0.5, 0.6) is 0 Å². The van der Waals surface area contributed by atoms with Crippen LogP contribution >= 0.6 is 0 Å². The van der Waals surface area contributed by atoms with Gasteiger partial charge in [0.05, 0.1) is 6.61 Å². The van der Waals surface area contributed by atoms with E-state index < -0.39 is 8.32 Å². The van der Waals surface area contributed by atoms with Crippen LogP contribution in [0.2, 0.25) is 19.6 Å². The number of hydrogen-bond donors (Lipinski definition) is 0. The van der Waals surface area contributed by atoms with Gasteiger partial charge in [-0.05, 0) is 26.6 Å². The third-order valence-electron chi connectivity index (χ3n) is 1.17. The molecule has 0 aromatic heterocycles. The quantitative estimate of drug-likeness (QED) is 0.381. The monoisotopic (exact) mass is 212 g/mol. The summed E-state index contributed by atoms with van der Waals surface area (Å²) in [7, 11) is -1.57. The lowest BCUT2D eigenvalue weighted by atomic mass is 10.5.